The molecule has 5 rings (SSSR count). The van der Waals surface area contributed by atoms with E-state index < -0.39 is 18.0 Å². The molecule has 10 nitrogen and oxygen atoms in total. The summed E-state index contributed by atoms with van der Waals surface area (Å²) in [6, 6.07) is 16.4. The molecule has 1 atom stereocenters. The molecule has 0 radical (unpaired) electrons. The van der Waals surface area contributed by atoms with Gasteiger partial charge in [0, 0.05) is 10.0 Å². The minimum atomic E-state index is -1.000. The van der Waals surface area contributed by atoms with Gasteiger partial charge in [-0.05, 0) is 68.3 Å². The molecular weight excluding hydrogens is 676 g/mol. The maximum atomic E-state index is 14.2. The summed E-state index contributed by atoms with van der Waals surface area (Å²) in [4.78, 5) is 43.8. The van der Waals surface area contributed by atoms with Crippen LogP contribution in [0.3, 0.4) is 0 Å². The number of rotatable bonds is 11. The molecule has 238 valence electrons. The molecule has 12 heteroatoms. The Hall–Kier alpha value is -4.68. The van der Waals surface area contributed by atoms with Crippen molar-refractivity contribution in [3.05, 3.63) is 118 Å². The van der Waals surface area contributed by atoms with Crippen LogP contribution in [0.25, 0.3) is 6.08 Å². The van der Waals surface area contributed by atoms with Crippen LogP contribution in [0.15, 0.2) is 86.2 Å². The second kappa shape index (κ2) is 14.2. The highest BCUT2D eigenvalue weighted by Crippen LogP contribution is 2.41. The van der Waals surface area contributed by atoms with E-state index in [-0.39, 0.29) is 29.9 Å². The van der Waals surface area contributed by atoms with Gasteiger partial charge < -0.3 is 24.1 Å². The van der Waals surface area contributed by atoms with Gasteiger partial charge in [0.05, 0.1) is 47.7 Å². The molecule has 1 aromatic heterocycles. The highest BCUT2D eigenvalue weighted by atomic mass is 79.9. The monoisotopic (exact) mass is 706 g/mol. The molecule has 2 heterocycles. The quantitative estimate of drug-likeness (QED) is 0.210. The van der Waals surface area contributed by atoms with Gasteiger partial charge in [-0.3, -0.25) is 9.36 Å². The standard InChI is InChI=1S/C34H31BrN2O8S/c1-5-43-27-17-24(35)23(16-26(27)42-4)30-29(33(41)44-6-2)19(3)36-34-37(30)31(38)28(46-34)15-22-9-7-8-10-25(22)45-18-20-11-13-21(14-12-20)32(39)40/h7-17,30H,5-6,18H2,1-4H3,(H,39,40)/b28-15+/t30-/m0/s1. The van der Waals surface area contributed by atoms with E-state index in [2.05, 4.69) is 20.9 Å². The van der Waals surface area contributed by atoms with Crippen molar-refractivity contribution in [2.75, 3.05) is 20.3 Å². The lowest BCUT2D eigenvalue weighted by Crippen LogP contribution is -2.40. The number of carboxylic acid groups (broad SMARTS) is 1. The Bertz CT molecular complexity index is 2010. The molecule has 0 amide bonds. The number of hydrogen-bond donors (Lipinski definition) is 1. The van der Waals surface area contributed by atoms with Gasteiger partial charge in [0.2, 0.25) is 0 Å². The summed E-state index contributed by atoms with van der Waals surface area (Å²) in [5, 5.41) is 9.17. The number of carbonyl (C=O) groups is 2. The molecule has 0 saturated carbocycles. The zero-order valence-corrected chi connectivity index (χ0v) is 27.9. The molecule has 0 aliphatic carbocycles. The molecule has 0 unspecified atom stereocenters. The van der Waals surface area contributed by atoms with Gasteiger partial charge in [0.15, 0.2) is 16.3 Å². The van der Waals surface area contributed by atoms with Gasteiger partial charge in [-0.25, -0.2) is 14.6 Å². The van der Waals surface area contributed by atoms with E-state index in [9.17, 15) is 14.4 Å². The van der Waals surface area contributed by atoms with Crippen LogP contribution in [0.4, 0.5) is 0 Å². The molecule has 0 saturated heterocycles. The van der Waals surface area contributed by atoms with Crippen LogP contribution in [0.5, 0.6) is 17.2 Å². The van der Waals surface area contributed by atoms with E-state index >= 15 is 0 Å². The van der Waals surface area contributed by atoms with Crippen molar-refractivity contribution in [3.8, 4) is 17.2 Å². The molecule has 1 N–H and O–H groups in total. The lowest BCUT2D eigenvalue weighted by Gasteiger charge is -2.26. The Kier molecular flexibility index (Phi) is 10.1. The fourth-order valence-corrected chi connectivity index (χ4v) is 6.63. The summed E-state index contributed by atoms with van der Waals surface area (Å²) in [5.74, 6) is -0.0721. The number of halogens is 1. The second-order valence-electron chi connectivity index (χ2n) is 10.1. The molecule has 0 fully saturated rings. The molecule has 1 aliphatic heterocycles. The largest absolute Gasteiger partial charge is 0.493 e. The molecule has 3 aromatic carbocycles. The number of methoxy groups -OCH3 is 1. The lowest BCUT2D eigenvalue weighted by atomic mass is 9.95. The normalized spacial score (nSPS) is 14.4. The molecule has 0 bridgehead atoms. The van der Waals surface area contributed by atoms with Gasteiger partial charge in [-0.1, -0.05) is 57.6 Å². The van der Waals surface area contributed by atoms with Gasteiger partial charge in [0.25, 0.3) is 5.56 Å². The highest BCUT2D eigenvalue weighted by molar-refractivity contribution is 9.10. The van der Waals surface area contributed by atoms with Gasteiger partial charge >= 0.3 is 11.9 Å². The predicted octanol–water partition coefficient (Wildman–Crippen LogP) is 5.25. The predicted molar refractivity (Wildman–Crippen MR) is 176 cm³/mol. The number of thiazole rings is 1. The zero-order chi connectivity index (χ0) is 33.0. The molecule has 46 heavy (non-hydrogen) atoms. The van der Waals surface area contributed by atoms with Crippen molar-refractivity contribution < 1.29 is 33.6 Å². The Morgan fingerprint density at radius 3 is 2.43 bits per heavy atom. The third-order valence-electron chi connectivity index (χ3n) is 7.20. The zero-order valence-electron chi connectivity index (χ0n) is 25.5. The fourth-order valence-electron chi connectivity index (χ4n) is 5.05. The first-order chi connectivity index (χ1) is 22.2. The Labute approximate surface area is 277 Å². The number of benzene rings is 3. The first kappa shape index (κ1) is 32.7. The summed E-state index contributed by atoms with van der Waals surface area (Å²) >= 11 is 4.84. The number of carbonyl (C=O) groups excluding carboxylic acids is 1. The summed E-state index contributed by atoms with van der Waals surface area (Å²) in [7, 11) is 1.53. The van der Waals surface area contributed by atoms with Crippen LogP contribution in [-0.4, -0.2) is 41.9 Å². The molecule has 4 aromatic rings. The van der Waals surface area contributed by atoms with E-state index in [1.807, 2.05) is 25.1 Å². The lowest BCUT2D eigenvalue weighted by molar-refractivity contribution is -0.139. The molecule has 1 aliphatic rings. The Morgan fingerprint density at radius 2 is 1.76 bits per heavy atom. The number of carboxylic acids is 1. The van der Waals surface area contributed by atoms with Crippen molar-refractivity contribution >= 4 is 45.3 Å². The van der Waals surface area contributed by atoms with Crippen LogP contribution >= 0.6 is 27.3 Å². The molecular formula is C34H31BrN2O8S. The highest BCUT2D eigenvalue weighted by Gasteiger charge is 2.35. The number of nitrogens with zero attached hydrogens (tertiary/aromatic N) is 2. The van der Waals surface area contributed by atoms with E-state index in [0.717, 1.165) is 5.56 Å². The first-order valence-electron chi connectivity index (χ1n) is 14.4. The number of hydrogen-bond acceptors (Lipinski definition) is 9. The van der Waals surface area contributed by atoms with Gasteiger partial charge in [-0.2, -0.15) is 0 Å². The van der Waals surface area contributed by atoms with Crippen LogP contribution < -0.4 is 29.1 Å². The molecule has 0 spiro atoms. The van der Waals surface area contributed by atoms with Crippen molar-refractivity contribution in [1.82, 2.24) is 4.57 Å². The van der Waals surface area contributed by atoms with Crippen LogP contribution in [-0.2, 0) is 16.1 Å². The van der Waals surface area contributed by atoms with E-state index in [1.54, 1.807) is 50.3 Å². The SMILES string of the molecule is CCOC(=O)C1=C(C)N=c2s/c(=C/c3ccccc3OCc3ccc(C(=O)O)cc3)c(=O)n2[C@H]1c1cc(OC)c(OCC)cc1Br. The Balaban J connectivity index is 1.61. The summed E-state index contributed by atoms with van der Waals surface area (Å²) in [6.07, 6.45) is 1.74. The fraction of sp³-hybridized carbons (Fsp3) is 0.235. The minimum absolute atomic E-state index is 0.154. The maximum Gasteiger partial charge on any atom is 0.338 e. The van der Waals surface area contributed by atoms with E-state index in [4.69, 9.17) is 24.1 Å². The Morgan fingerprint density at radius 1 is 1.02 bits per heavy atom. The third kappa shape index (κ3) is 6.63. The number of fused-ring (bicyclic) bond motifs is 1. The van der Waals surface area contributed by atoms with Crippen molar-refractivity contribution in [2.24, 2.45) is 4.99 Å². The van der Waals surface area contributed by atoms with E-state index in [1.165, 1.54) is 35.1 Å². The summed E-state index contributed by atoms with van der Waals surface area (Å²) in [6.45, 7) is 6.09. The number of allylic oxidation sites excluding steroid dienone is 1. The number of aromatic nitrogens is 1. The number of aromatic carboxylic acids is 1. The van der Waals surface area contributed by atoms with E-state index in [0.29, 0.717) is 54.5 Å². The van der Waals surface area contributed by atoms with Crippen LogP contribution in [0.1, 0.15) is 53.9 Å². The average Bonchev–Trinajstić information content (AvgIpc) is 3.34. The number of ether oxygens (including phenoxy) is 4. The number of para-hydroxylation sites is 1. The summed E-state index contributed by atoms with van der Waals surface area (Å²) < 4.78 is 25.4. The number of esters is 1. The maximum absolute atomic E-state index is 14.2. The first-order valence-corrected chi connectivity index (χ1v) is 16.0. The van der Waals surface area contributed by atoms with Gasteiger partial charge in [0.1, 0.15) is 12.4 Å². The summed E-state index contributed by atoms with van der Waals surface area (Å²) in [5.41, 5.74) is 2.58. The van der Waals surface area contributed by atoms with Crippen molar-refractivity contribution in [2.45, 2.75) is 33.4 Å². The van der Waals surface area contributed by atoms with Crippen molar-refractivity contribution in [1.29, 1.82) is 0 Å². The van der Waals surface area contributed by atoms with Crippen molar-refractivity contribution in [3.63, 3.8) is 0 Å². The second-order valence-corrected chi connectivity index (χ2v) is 12.0. The van der Waals surface area contributed by atoms with Gasteiger partial charge in [-0.15, -0.1) is 0 Å². The topological polar surface area (TPSA) is 126 Å². The smallest absolute Gasteiger partial charge is 0.338 e. The average molecular weight is 708 g/mol. The van der Waals surface area contributed by atoms with Crippen LogP contribution in [0, 0.1) is 0 Å². The minimum Gasteiger partial charge on any atom is -0.493 e. The third-order valence-corrected chi connectivity index (χ3v) is 8.86. The van der Waals surface area contributed by atoms with Crippen LogP contribution in [0.2, 0.25) is 0 Å².